The number of carbonyl (C=O) groups excluding carboxylic acids is 1. The van der Waals surface area contributed by atoms with Gasteiger partial charge in [-0.15, -0.1) is 0 Å². The van der Waals surface area contributed by atoms with E-state index in [9.17, 15) is 4.79 Å². The van der Waals surface area contributed by atoms with Gasteiger partial charge >= 0.3 is 6.03 Å². The molecule has 0 spiro atoms. The van der Waals surface area contributed by atoms with Crippen LogP contribution in [0.4, 0.5) is 4.79 Å². The van der Waals surface area contributed by atoms with Crippen molar-refractivity contribution < 1.29 is 9.21 Å². The molecule has 2 saturated heterocycles. The average molecular weight is 409 g/mol. The van der Waals surface area contributed by atoms with E-state index >= 15 is 0 Å². The van der Waals surface area contributed by atoms with Gasteiger partial charge in [0, 0.05) is 39.3 Å². The molecule has 6 heteroatoms. The van der Waals surface area contributed by atoms with Crippen LogP contribution in [0.5, 0.6) is 0 Å². The topological polar surface area (TPSA) is 52.0 Å². The molecule has 2 aliphatic heterocycles. The molecule has 1 aromatic heterocycles. The predicted octanol–water partition coefficient (Wildman–Crippen LogP) is 3.46. The second-order valence-electron chi connectivity index (χ2n) is 8.06. The van der Waals surface area contributed by atoms with E-state index in [4.69, 9.17) is 4.42 Å². The van der Waals surface area contributed by atoms with Crippen molar-refractivity contribution in [3.8, 4) is 0 Å². The molecule has 2 amide bonds. The first-order chi connectivity index (χ1) is 14.8. The molecule has 30 heavy (non-hydrogen) atoms. The maximum absolute atomic E-state index is 12.7. The Morgan fingerprint density at radius 3 is 2.47 bits per heavy atom. The van der Waals surface area contributed by atoms with Gasteiger partial charge in [0.05, 0.1) is 12.3 Å². The number of piperazine rings is 1. The lowest BCUT2D eigenvalue weighted by Crippen LogP contribution is -2.52. The lowest BCUT2D eigenvalue weighted by Gasteiger charge is -2.35. The first-order valence-electron chi connectivity index (χ1n) is 11.0. The molecule has 1 aromatic carbocycles. The predicted molar refractivity (Wildman–Crippen MR) is 119 cm³/mol. The Hall–Kier alpha value is -2.57. The van der Waals surface area contributed by atoms with Gasteiger partial charge in [0.1, 0.15) is 5.76 Å². The Bertz CT molecular complexity index is 792. The Morgan fingerprint density at radius 2 is 1.77 bits per heavy atom. The van der Waals surface area contributed by atoms with Gasteiger partial charge in [-0.3, -0.25) is 9.80 Å². The normalized spacial score (nSPS) is 19.4. The molecule has 6 nitrogen and oxygen atoms in total. The highest BCUT2D eigenvalue weighted by Crippen LogP contribution is 2.25. The average Bonchev–Trinajstić information content (AvgIpc) is 3.50. The highest BCUT2D eigenvalue weighted by Gasteiger charge is 2.27. The highest BCUT2D eigenvalue weighted by molar-refractivity contribution is 5.74. The summed E-state index contributed by atoms with van der Waals surface area (Å²) in [6.45, 7) is 6.97. The zero-order chi connectivity index (χ0) is 20.6. The summed E-state index contributed by atoms with van der Waals surface area (Å²) in [6, 6.07) is 14.4. The smallest absolute Gasteiger partial charge is 0.317 e. The van der Waals surface area contributed by atoms with Crippen molar-refractivity contribution in [2.75, 3.05) is 52.4 Å². The number of hydrogen-bond donors (Lipinski definition) is 1. The SMILES string of the molecule is O=C(NCC(c1ccco1)N1CCCC1)N1CCN(CC=Cc2ccccc2)CC1. The minimum atomic E-state index is 0.0326. The van der Waals surface area contributed by atoms with Crippen LogP contribution in [0, 0.1) is 0 Å². The van der Waals surface area contributed by atoms with E-state index in [1.165, 1.54) is 18.4 Å². The lowest BCUT2D eigenvalue weighted by atomic mass is 10.2. The minimum Gasteiger partial charge on any atom is -0.468 e. The first-order valence-corrected chi connectivity index (χ1v) is 11.0. The van der Waals surface area contributed by atoms with Crippen molar-refractivity contribution >= 4 is 12.1 Å². The third kappa shape index (κ3) is 5.52. The summed E-state index contributed by atoms with van der Waals surface area (Å²) in [4.78, 5) is 19.5. The Balaban J connectivity index is 1.21. The number of rotatable bonds is 7. The number of nitrogens with zero attached hydrogens (tertiary/aromatic N) is 3. The second-order valence-corrected chi connectivity index (χ2v) is 8.06. The van der Waals surface area contributed by atoms with Gasteiger partial charge in [-0.25, -0.2) is 4.79 Å². The van der Waals surface area contributed by atoms with E-state index in [0.717, 1.165) is 51.6 Å². The number of carbonyl (C=O) groups is 1. The lowest BCUT2D eigenvalue weighted by molar-refractivity contribution is 0.142. The summed E-state index contributed by atoms with van der Waals surface area (Å²) in [7, 11) is 0. The maximum atomic E-state index is 12.7. The maximum Gasteiger partial charge on any atom is 0.317 e. The van der Waals surface area contributed by atoms with Crippen LogP contribution in [0.15, 0.2) is 59.2 Å². The fourth-order valence-corrected chi connectivity index (χ4v) is 4.28. The molecule has 0 aliphatic carbocycles. The summed E-state index contributed by atoms with van der Waals surface area (Å²) >= 11 is 0. The van der Waals surface area contributed by atoms with Gasteiger partial charge in [-0.05, 0) is 43.6 Å². The summed E-state index contributed by atoms with van der Waals surface area (Å²) in [6.07, 6.45) is 8.50. The molecule has 2 fully saturated rings. The zero-order valence-corrected chi connectivity index (χ0v) is 17.6. The van der Waals surface area contributed by atoms with E-state index in [0.29, 0.717) is 6.54 Å². The summed E-state index contributed by atoms with van der Waals surface area (Å²) in [5.41, 5.74) is 1.22. The number of benzene rings is 1. The van der Waals surface area contributed by atoms with Crippen LogP contribution in [-0.2, 0) is 0 Å². The standard InChI is InChI=1S/C24H32N4O2/c29-24(25-20-22(23-11-7-19-30-23)27-13-4-5-14-27)28-17-15-26(16-18-28)12-6-10-21-8-2-1-3-9-21/h1-3,6-11,19,22H,4-5,12-18,20H2,(H,25,29). The molecule has 1 N–H and O–H groups in total. The molecule has 1 atom stereocenters. The third-order valence-electron chi connectivity index (χ3n) is 6.03. The Morgan fingerprint density at radius 1 is 1.00 bits per heavy atom. The van der Waals surface area contributed by atoms with Gasteiger partial charge in [-0.2, -0.15) is 0 Å². The summed E-state index contributed by atoms with van der Waals surface area (Å²) < 4.78 is 5.65. The molecule has 3 heterocycles. The molecule has 4 rings (SSSR count). The highest BCUT2D eigenvalue weighted by atomic mass is 16.3. The minimum absolute atomic E-state index is 0.0326. The fourth-order valence-electron chi connectivity index (χ4n) is 4.28. The molecule has 2 aliphatic rings. The van der Waals surface area contributed by atoms with Gasteiger partial charge in [-0.1, -0.05) is 42.5 Å². The first kappa shape index (κ1) is 20.7. The number of urea groups is 1. The van der Waals surface area contributed by atoms with Crippen molar-refractivity contribution in [1.29, 1.82) is 0 Å². The van der Waals surface area contributed by atoms with E-state index in [2.05, 4.69) is 51.5 Å². The van der Waals surface area contributed by atoms with E-state index in [-0.39, 0.29) is 12.1 Å². The van der Waals surface area contributed by atoms with Gasteiger partial charge in [0.2, 0.25) is 0 Å². The zero-order valence-electron chi connectivity index (χ0n) is 17.6. The number of hydrogen-bond acceptors (Lipinski definition) is 4. The molecule has 0 radical (unpaired) electrons. The second kappa shape index (κ2) is 10.5. The molecular weight excluding hydrogens is 376 g/mol. The van der Waals surface area contributed by atoms with Gasteiger partial charge in [0.25, 0.3) is 0 Å². The van der Waals surface area contributed by atoms with Gasteiger partial charge in [0.15, 0.2) is 0 Å². The van der Waals surface area contributed by atoms with Crippen molar-refractivity contribution in [3.05, 3.63) is 66.1 Å². The van der Waals surface area contributed by atoms with Crippen LogP contribution in [0.25, 0.3) is 6.08 Å². The van der Waals surface area contributed by atoms with Gasteiger partial charge < -0.3 is 14.6 Å². The Labute approximate surface area is 179 Å². The van der Waals surface area contributed by atoms with Crippen molar-refractivity contribution in [2.24, 2.45) is 0 Å². The number of nitrogens with one attached hydrogen (secondary N) is 1. The van der Waals surface area contributed by atoms with Crippen LogP contribution in [0.1, 0.15) is 30.2 Å². The van der Waals surface area contributed by atoms with E-state index in [1.807, 2.05) is 23.1 Å². The summed E-state index contributed by atoms with van der Waals surface area (Å²) in [5.74, 6) is 0.937. The number of amides is 2. The monoisotopic (exact) mass is 408 g/mol. The van der Waals surface area contributed by atoms with Crippen LogP contribution < -0.4 is 5.32 Å². The van der Waals surface area contributed by atoms with Crippen molar-refractivity contribution in [2.45, 2.75) is 18.9 Å². The number of likely N-dealkylation sites (tertiary alicyclic amines) is 1. The fraction of sp³-hybridized carbons (Fsp3) is 0.458. The van der Waals surface area contributed by atoms with Crippen molar-refractivity contribution in [3.63, 3.8) is 0 Å². The van der Waals surface area contributed by atoms with E-state index in [1.54, 1.807) is 6.26 Å². The number of furan rings is 1. The van der Waals surface area contributed by atoms with Crippen LogP contribution >= 0.6 is 0 Å². The largest absolute Gasteiger partial charge is 0.468 e. The van der Waals surface area contributed by atoms with Crippen molar-refractivity contribution in [1.82, 2.24) is 20.0 Å². The molecule has 2 aromatic rings. The molecule has 1 unspecified atom stereocenters. The Kier molecular flexibility index (Phi) is 7.21. The molecular formula is C24H32N4O2. The van der Waals surface area contributed by atoms with Crippen LogP contribution in [0.2, 0.25) is 0 Å². The van der Waals surface area contributed by atoms with E-state index < -0.39 is 0 Å². The molecule has 160 valence electrons. The molecule has 0 saturated carbocycles. The third-order valence-corrected chi connectivity index (χ3v) is 6.03. The molecule has 0 bridgehead atoms. The van der Waals surface area contributed by atoms with Crippen LogP contribution in [0.3, 0.4) is 0 Å². The van der Waals surface area contributed by atoms with Crippen LogP contribution in [-0.4, -0.2) is 73.1 Å². The summed E-state index contributed by atoms with van der Waals surface area (Å²) in [5, 5.41) is 3.15. The quantitative estimate of drug-likeness (QED) is 0.762.